The third kappa shape index (κ3) is 3.79. The average molecular weight is 437 g/mol. The number of ketones is 2. The molecule has 0 radical (unpaired) electrons. The Kier molecular flexibility index (Phi) is 5.27. The van der Waals surface area contributed by atoms with Gasteiger partial charge in [-0.15, -0.1) is 0 Å². The standard InChI is InChI=1S/C24H21ClN2O4/c1-24(2,3)22(29)19-20(15-4-8-16(25)9-5-15)27(23(30)21(19)28)17-10-6-14(7-11-17)18-12-13-31-26-18/h4-13,19-20H,1-3H3. The molecule has 1 saturated heterocycles. The van der Waals surface area contributed by atoms with E-state index in [-0.39, 0.29) is 5.78 Å². The van der Waals surface area contributed by atoms with Crippen LogP contribution in [0.1, 0.15) is 32.4 Å². The molecule has 1 amide bonds. The molecule has 2 unspecified atom stereocenters. The summed E-state index contributed by atoms with van der Waals surface area (Å²) in [6.45, 7) is 5.25. The molecule has 1 aliphatic heterocycles. The Hall–Kier alpha value is -3.25. The van der Waals surface area contributed by atoms with Crippen molar-refractivity contribution in [1.29, 1.82) is 0 Å². The molecule has 4 rings (SSSR count). The van der Waals surface area contributed by atoms with E-state index in [9.17, 15) is 14.4 Å². The van der Waals surface area contributed by atoms with Gasteiger partial charge in [-0.05, 0) is 29.8 Å². The van der Waals surface area contributed by atoms with Gasteiger partial charge in [-0.25, -0.2) is 0 Å². The first-order chi connectivity index (χ1) is 14.7. The summed E-state index contributed by atoms with van der Waals surface area (Å²) >= 11 is 6.04. The van der Waals surface area contributed by atoms with Crippen molar-refractivity contribution in [3.8, 4) is 11.3 Å². The smallest absolute Gasteiger partial charge is 0.295 e. The fourth-order valence-corrected chi connectivity index (χ4v) is 3.96. The molecule has 0 spiro atoms. The summed E-state index contributed by atoms with van der Waals surface area (Å²) in [5, 5.41) is 4.44. The van der Waals surface area contributed by atoms with Gasteiger partial charge >= 0.3 is 0 Å². The monoisotopic (exact) mass is 436 g/mol. The predicted octanol–water partition coefficient (Wildman–Crippen LogP) is 4.88. The number of amides is 1. The van der Waals surface area contributed by atoms with Crippen molar-refractivity contribution in [1.82, 2.24) is 5.16 Å². The first-order valence-corrected chi connectivity index (χ1v) is 10.2. The topological polar surface area (TPSA) is 80.5 Å². The number of anilines is 1. The molecule has 2 aromatic carbocycles. The number of aromatic nitrogens is 1. The van der Waals surface area contributed by atoms with E-state index in [1.54, 1.807) is 75.4 Å². The van der Waals surface area contributed by atoms with Crippen LogP contribution in [0.2, 0.25) is 5.02 Å². The summed E-state index contributed by atoms with van der Waals surface area (Å²) < 4.78 is 4.88. The van der Waals surface area contributed by atoms with Crippen molar-refractivity contribution in [3.05, 3.63) is 71.4 Å². The summed E-state index contributed by atoms with van der Waals surface area (Å²) in [7, 11) is 0. The van der Waals surface area contributed by atoms with Crippen LogP contribution in [0.15, 0.2) is 65.4 Å². The molecule has 158 valence electrons. The van der Waals surface area contributed by atoms with Crippen molar-refractivity contribution in [2.45, 2.75) is 26.8 Å². The quantitative estimate of drug-likeness (QED) is 0.430. The summed E-state index contributed by atoms with van der Waals surface area (Å²) in [4.78, 5) is 40.7. The van der Waals surface area contributed by atoms with Gasteiger partial charge in [0.15, 0.2) is 5.78 Å². The average Bonchev–Trinajstić information content (AvgIpc) is 3.35. The van der Waals surface area contributed by atoms with Crippen molar-refractivity contribution in [2.24, 2.45) is 11.3 Å². The van der Waals surface area contributed by atoms with E-state index in [1.165, 1.54) is 11.2 Å². The number of hydrogen-bond donors (Lipinski definition) is 0. The SMILES string of the molecule is CC(C)(C)C(=O)C1C(=O)C(=O)N(c2ccc(-c3ccon3)cc2)C1c1ccc(Cl)cc1. The maximum absolute atomic E-state index is 13.2. The number of carbonyl (C=O) groups is 3. The molecule has 2 atom stereocenters. The third-order valence-corrected chi connectivity index (χ3v) is 5.67. The van der Waals surface area contributed by atoms with Gasteiger partial charge in [-0.1, -0.05) is 61.8 Å². The van der Waals surface area contributed by atoms with E-state index < -0.39 is 29.1 Å². The fraction of sp³-hybridized carbons (Fsp3) is 0.250. The summed E-state index contributed by atoms with van der Waals surface area (Å²) in [6.07, 6.45) is 1.48. The maximum Gasteiger partial charge on any atom is 0.295 e. The lowest BCUT2D eigenvalue weighted by Gasteiger charge is -2.30. The van der Waals surface area contributed by atoms with Gasteiger partial charge < -0.3 is 4.52 Å². The molecular formula is C24H21ClN2O4. The van der Waals surface area contributed by atoms with E-state index >= 15 is 0 Å². The number of halogens is 1. The van der Waals surface area contributed by atoms with E-state index in [2.05, 4.69) is 5.16 Å². The lowest BCUT2D eigenvalue weighted by Crippen LogP contribution is -2.35. The molecule has 7 heteroatoms. The zero-order chi connectivity index (χ0) is 22.3. The Bertz CT molecular complexity index is 1130. The van der Waals surface area contributed by atoms with E-state index in [1.807, 2.05) is 0 Å². The number of rotatable bonds is 4. The molecule has 1 fully saturated rings. The minimum absolute atomic E-state index is 0.271. The summed E-state index contributed by atoms with van der Waals surface area (Å²) in [5.74, 6) is -2.76. The van der Waals surface area contributed by atoms with Crippen LogP contribution >= 0.6 is 11.6 Å². The second kappa shape index (κ2) is 7.78. The van der Waals surface area contributed by atoms with Gasteiger partial charge in [0.25, 0.3) is 5.91 Å². The van der Waals surface area contributed by atoms with Gasteiger partial charge in [-0.3, -0.25) is 19.3 Å². The van der Waals surface area contributed by atoms with Crippen LogP contribution in [0, 0.1) is 11.3 Å². The second-order valence-electron chi connectivity index (χ2n) is 8.56. The maximum atomic E-state index is 13.2. The van der Waals surface area contributed by atoms with Crippen LogP contribution in [0.4, 0.5) is 5.69 Å². The van der Waals surface area contributed by atoms with Crippen LogP contribution in [-0.2, 0) is 14.4 Å². The molecule has 1 aromatic heterocycles. The summed E-state index contributed by atoms with van der Waals surface area (Å²) in [6, 6.07) is 14.9. The third-order valence-electron chi connectivity index (χ3n) is 5.42. The molecular weight excluding hydrogens is 416 g/mol. The molecule has 2 heterocycles. The molecule has 0 bridgehead atoms. The Morgan fingerprint density at radius 3 is 2.19 bits per heavy atom. The number of hydrogen-bond acceptors (Lipinski definition) is 5. The molecule has 31 heavy (non-hydrogen) atoms. The zero-order valence-corrected chi connectivity index (χ0v) is 18.1. The Labute approximate surface area is 184 Å². The summed E-state index contributed by atoms with van der Waals surface area (Å²) in [5.41, 5.74) is 1.88. The molecule has 1 aliphatic rings. The van der Waals surface area contributed by atoms with Gasteiger partial charge in [-0.2, -0.15) is 0 Å². The molecule has 0 aliphatic carbocycles. The largest absolute Gasteiger partial charge is 0.364 e. The normalized spacial score (nSPS) is 19.2. The van der Waals surface area contributed by atoms with Gasteiger partial charge in [0, 0.05) is 27.8 Å². The van der Waals surface area contributed by atoms with Gasteiger partial charge in [0.1, 0.15) is 17.9 Å². The number of carbonyl (C=O) groups excluding carboxylic acids is 3. The lowest BCUT2D eigenvalue weighted by molar-refractivity contribution is -0.141. The molecule has 3 aromatic rings. The first kappa shape index (κ1) is 21.0. The minimum atomic E-state index is -1.09. The first-order valence-electron chi connectivity index (χ1n) is 9.86. The van der Waals surface area contributed by atoms with E-state index in [0.717, 1.165) is 5.56 Å². The highest BCUT2D eigenvalue weighted by atomic mass is 35.5. The highest BCUT2D eigenvalue weighted by Gasteiger charge is 2.54. The highest BCUT2D eigenvalue weighted by molar-refractivity contribution is 6.48. The van der Waals surface area contributed by atoms with Crippen LogP contribution in [-0.4, -0.2) is 22.6 Å². The van der Waals surface area contributed by atoms with Crippen LogP contribution in [0.25, 0.3) is 11.3 Å². The van der Waals surface area contributed by atoms with Gasteiger partial charge in [0.2, 0.25) is 5.78 Å². The van der Waals surface area contributed by atoms with Crippen LogP contribution < -0.4 is 4.90 Å². The molecule has 6 nitrogen and oxygen atoms in total. The Morgan fingerprint density at radius 2 is 1.65 bits per heavy atom. The highest BCUT2D eigenvalue weighted by Crippen LogP contribution is 2.43. The number of Topliss-reactive ketones (excluding diaryl/α,β-unsaturated/α-hetero) is 2. The van der Waals surface area contributed by atoms with Crippen LogP contribution in [0.3, 0.4) is 0 Å². The van der Waals surface area contributed by atoms with Crippen molar-refractivity contribution in [2.75, 3.05) is 4.90 Å². The minimum Gasteiger partial charge on any atom is -0.364 e. The van der Waals surface area contributed by atoms with Crippen molar-refractivity contribution < 1.29 is 18.9 Å². The number of benzene rings is 2. The van der Waals surface area contributed by atoms with E-state index in [0.29, 0.717) is 22.0 Å². The van der Waals surface area contributed by atoms with Crippen molar-refractivity contribution in [3.63, 3.8) is 0 Å². The van der Waals surface area contributed by atoms with Crippen LogP contribution in [0.5, 0.6) is 0 Å². The lowest BCUT2D eigenvalue weighted by atomic mass is 9.77. The van der Waals surface area contributed by atoms with Crippen molar-refractivity contribution >= 4 is 34.8 Å². The molecule has 0 N–H and O–H groups in total. The van der Waals surface area contributed by atoms with E-state index in [4.69, 9.17) is 16.1 Å². The second-order valence-corrected chi connectivity index (χ2v) is 9.00. The zero-order valence-electron chi connectivity index (χ0n) is 17.3. The Morgan fingerprint density at radius 1 is 1.00 bits per heavy atom. The predicted molar refractivity (Wildman–Crippen MR) is 117 cm³/mol. The number of nitrogens with zero attached hydrogens (tertiary/aromatic N) is 2. The Balaban J connectivity index is 1.81. The molecule has 0 saturated carbocycles. The fourth-order valence-electron chi connectivity index (χ4n) is 3.83. The van der Waals surface area contributed by atoms with Gasteiger partial charge in [0.05, 0.1) is 6.04 Å².